The standard InChI is InChI=1S/C31H32N2O/c1-23-15-17-29(25(3)19-23)33(30-18-16-24(2)20-26(30)4)31(34)32(21-27-11-7-5-8-12-27)22-28-13-9-6-10-14-28/h5-20H,21-22H2,1-4H3. The summed E-state index contributed by atoms with van der Waals surface area (Å²) < 4.78 is 0. The smallest absolute Gasteiger partial charge is 0.315 e. The van der Waals surface area contributed by atoms with Crippen LogP contribution in [0.15, 0.2) is 97.1 Å². The molecule has 0 heterocycles. The van der Waals surface area contributed by atoms with Crippen LogP contribution >= 0.6 is 0 Å². The van der Waals surface area contributed by atoms with Gasteiger partial charge in [-0.1, -0.05) is 96.1 Å². The average molecular weight is 449 g/mol. The quantitative estimate of drug-likeness (QED) is 0.294. The summed E-state index contributed by atoms with van der Waals surface area (Å²) >= 11 is 0. The van der Waals surface area contributed by atoms with Gasteiger partial charge in [0.15, 0.2) is 0 Å². The molecule has 3 nitrogen and oxygen atoms in total. The lowest BCUT2D eigenvalue weighted by Crippen LogP contribution is -2.40. The van der Waals surface area contributed by atoms with Crippen LogP contribution in [0, 0.1) is 27.7 Å². The van der Waals surface area contributed by atoms with E-state index in [2.05, 4.69) is 88.4 Å². The Morgan fingerprint density at radius 3 is 1.38 bits per heavy atom. The molecule has 0 saturated heterocycles. The first-order valence-corrected chi connectivity index (χ1v) is 11.7. The lowest BCUT2D eigenvalue weighted by atomic mass is 10.1. The molecular formula is C31H32N2O. The van der Waals surface area contributed by atoms with Gasteiger partial charge in [0, 0.05) is 13.1 Å². The number of urea groups is 1. The van der Waals surface area contributed by atoms with Crippen LogP contribution in [0.5, 0.6) is 0 Å². The van der Waals surface area contributed by atoms with Crippen molar-refractivity contribution in [1.82, 2.24) is 4.90 Å². The van der Waals surface area contributed by atoms with Crippen LogP contribution in [0.25, 0.3) is 0 Å². The number of rotatable bonds is 6. The molecule has 34 heavy (non-hydrogen) atoms. The van der Waals surface area contributed by atoms with Gasteiger partial charge in [-0.05, 0) is 62.1 Å². The van der Waals surface area contributed by atoms with Gasteiger partial charge in [-0.3, -0.25) is 4.90 Å². The molecule has 4 rings (SSSR count). The van der Waals surface area contributed by atoms with Gasteiger partial charge in [-0.2, -0.15) is 0 Å². The highest BCUT2D eigenvalue weighted by atomic mass is 16.2. The highest BCUT2D eigenvalue weighted by Gasteiger charge is 2.27. The molecule has 2 amide bonds. The Balaban J connectivity index is 1.81. The van der Waals surface area contributed by atoms with E-state index in [4.69, 9.17) is 0 Å². The molecule has 0 aliphatic carbocycles. The maximum absolute atomic E-state index is 14.4. The number of hydrogen-bond acceptors (Lipinski definition) is 1. The molecule has 0 saturated carbocycles. The monoisotopic (exact) mass is 448 g/mol. The molecule has 0 spiro atoms. The zero-order chi connectivity index (χ0) is 24.1. The number of hydrogen-bond donors (Lipinski definition) is 0. The second-order valence-corrected chi connectivity index (χ2v) is 9.03. The van der Waals surface area contributed by atoms with Crippen LogP contribution in [0.4, 0.5) is 16.2 Å². The summed E-state index contributed by atoms with van der Waals surface area (Å²) in [4.78, 5) is 18.2. The average Bonchev–Trinajstić information content (AvgIpc) is 2.82. The highest BCUT2D eigenvalue weighted by Crippen LogP contribution is 2.33. The predicted molar refractivity (Wildman–Crippen MR) is 141 cm³/mol. The molecule has 0 atom stereocenters. The van der Waals surface area contributed by atoms with Crippen LogP contribution in [0.3, 0.4) is 0 Å². The Kier molecular flexibility index (Phi) is 7.12. The Labute approximate surface area is 203 Å². The minimum Gasteiger partial charge on any atom is -0.315 e. The molecule has 4 aromatic carbocycles. The molecule has 0 aromatic heterocycles. The van der Waals surface area contributed by atoms with E-state index in [1.54, 1.807) is 0 Å². The van der Waals surface area contributed by atoms with Crippen molar-refractivity contribution in [2.75, 3.05) is 4.90 Å². The molecule has 0 unspecified atom stereocenters. The molecule has 0 bridgehead atoms. The van der Waals surface area contributed by atoms with E-state index in [0.29, 0.717) is 13.1 Å². The van der Waals surface area contributed by atoms with Crippen LogP contribution in [0.2, 0.25) is 0 Å². The fraction of sp³-hybridized carbons (Fsp3) is 0.194. The van der Waals surface area contributed by atoms with Crippen molar-refractivity contribution in [3.05, 3.63) is 130 Å². The summed E-state index contributed by atoms with van der Waals surface area (Å²) in [6, 6.07) is 32.9. The van der Waals surface area contributed by atoms with E-state index in [1.807, 2.05) is 46.2 Å². The van der Waals surface area contributed by atoms with Gasteiger partial charge >= 0.3 is 6.03 Å². The zero-order valence-corrected chi connectivity index (χ0v) is 20.5. The van der Waals surface area contributed by atoms with Crippen molar-refractivity contribution in [1.29, 1.82) is 0 Å². The van der Waals surface area contributed by atoms with Gasteiger partial charge in [-0.25, -0.2) is 4.79 Å². The first kappa shape index (κ1) is 23.3. The number of benzene rings is 4. The fourth-order valence-corrected chi connectivity index (χ4v) is 4.39. The Bertz CT molecular complexity index is 1170. The molecule has 0 N–H and O–H groups in total. The maximum Gasteiger partial charge on any atom is 0.329 e. The topological polar surface area (TPSA) is 23.6 Å². The number of carbonyl (C=O) groups is 1. The van der Waals surface area contributed by atoms with E-state index < -0.39 is 0 Å². The summed E-state index contributed by atoms with van der Waals surface area (Å²) in [5.41, 5.74) is 8.54. The molecule has 0 aliphatic heterocycles. The maximum atomic E-state index is 14.4. The van der Waals surface area contributed by atoms with Crippen LogP contribution in [-0.4, -0.2) is 10.9 Å². The van der Waals surface area contributed by atoms with E-state index in [0.717, 1.165) is 33.6 Å². The van der Waals surface area contributed by atoms with Crippen molar-refractivity contribution in [2.24, 2.45) is 0 Å². The first-order valence-electron chi connectivity index (χ1n) is 11.7. The summed E-state index contributed by atoms with van der Waals surface area (Å²) in [5.74, 6) is 0. The SMILES string of the molecule is Cc1ccc(N(C(=O)N(Cc2ccccc2)Cc2ccccc2)c2ccc(C)cc2C)c(C)c1. The lowest BCUT2D eigenvalue weighted by Gasteiger charge is -2.33. The van der Waals surface area contributed by atoms with E-state index in [9.17, 15) is 4.79 Å². The highest BCUT2D eigenvalue weighted by molar-refractivity contribution is 6.01. The van der Waals surface area contributed by atoms with Gasteiger partial charge in [-0.15, -0.1) is 0 Å². The number of carbonyl (C=O) groups excluding carboxylic acids is 1. The summed E-state index contributed by atoms with van der Waals surface area (Å²) in [7, 11) is 0. The van der Waals surface area contributed by atoms with Crippen molar-refractivity contribution < 1.29 is 4.79 Å². The lowest BCUT2D eigenvalue weighted by molar-refractivity contribution is 0.202. The van der Waals surface area contributed by atoms with Gasteiger partial charge in [0.2, 0.25) is 0 Å². The van der Waals surface area contributed by atoms with Crippen molar-refractivity contribution in [3.63, 3.8) is 0 Å². The van der Waals surface area contributed by atoms with Crippen LogP contribution < -0.4 is 4.90 Å². The summed E-state index contributed by atoms with van der Waals surface area (Å²) in [6.45, 7) is 9.37. The normalized spacial score (nSPS) is 10.7. The third-order valence-electron chi connectivity index (χ3n) is 6.08. The Morgan fingerprint density at radius 1 is 0.588 bits per heavy atom. The largest absolute Gasteiger partial charge is 0.329 e. The molecule has 3 heteroatoms. The number of nitrogens with zero attached hydrogens (tertiary/aromatic N) is 2. The molecule has 0 fully saturated rings. The third kappa shape index (κ3) is 5.37. The molecule has 172 valence electrons. The zero-order valence-electron chi connectivity index (χ0n) is 20.5. The molecule has 4 aromatic rings. The van der Waals surface area contributed by atoms with Gasteiger partial charge < -0.3 is 4.90 Å². The number of amides is 2. The van der Waals surface area contributed by atoms with Crippen molar-refractivity contribution in [3.8, 4) is 0 Å². The van der Waals surface area contributed by atoms with Crippen molar-refractivity contribution in [2.45, 2.75) is 40.8 Å². The van der Waals surface area contributed by atoms with Crippen LogP contribution in [0.1, 0.15) is 33.4 Å². The number of anilines is 2. The fourth-order valence-electron chi connectivity index (χ4n) is 4.39. The van der Waals surface area contributed by atoms with E-state index in [-0.39, 0.29) is 6.03 Å². The van der Waals surface area contributed by atoms with E-state index >= 15 is 0 Å². The first-order chi connectivity index (χ1) is 16.4. The molecule has 0 radical (unpaired) electrons. The molecule has 0 aliphatic rings. The van der Waals surface area contributed by atoms with Gasteiger partial charge in [0.05, 0.1) is 11.4 Å². The van der Waals surface area contributed by atoms with E-state index in [1.165, 1.54) is 11.1 Å². The summed E-state index contributed by atoms with van der Waals surface area (Å²) in [5, 5.41) is 0. The second kappa shape index (κ2) is 10.4. The van der Waals surface area contributed by atoms with Crippen molar-refractivity contribution >= 4 is 17.4 Å². The van der Waals surface area contributed by atoms with Crippen LogP contribution in [-0.2, 0) is 13.1 Å². The summed E-state index contributed by atoms with van der Waals surface area (Å²) in [6.07, 6.45) is 0. The van der Waals surface area contributed by atoms with Gasteiger partial charge in [0.25, 0.3) is 0 Å². The number of aryl methyl sites for hydroxylation is 4. The molecular weight excluding hydrogens is 416 g/mol. The minimum absolute atomic E-state index is 0.0355. The minimum atomic E-state index is -0.0355. The Hall–Kier alpha value is -3.85. The Morgan fingerprint density at radius 2 is 1.00 bits per heavy atom. The predicted octanol–water partition coefficient (Wildman–Crippen LogP) is 7.88. The third-order valence-corrected chi connectivity index (χ3v) is 6.08. The second-order valence-electron chi connectivity index (χ2n) is 9.03. The van der Waals surface area contributed by atoms with Gasteiger partial charge in [0.1, 0.15) is 0 Å².